The SMILES string of the molecule is COC1CCC(NC/C=C/C(=O)Nc2c(F)cc(C(=O)c3cc4c5c(cccn35)-c3c(C(F)(F)F)cc5c(nc(C)n5C)c3OCC4)cc2F)CC1. The van der Waals surface area contributed by atoms with Crippen molar-refractivity contribution in [2.45, 2.75) is 57.3 Å². The zero-order valence-corrected chi connectivity index (χ0v) is 28.7. The summed E-state index contributed by atoms with van der Waals surface area (Å²) in [4.78, 5) is 30.9. The molecule has 1 aliphatic carbocycles. The molecule has 0 radical (unpaired) electrons. The van der Waals surface area contributed by atoms with Gasteiger partial charge in [0.25, 0.3) is 0 Å². The van der Waals surface area contributed by atoms with Crippen LogP contribution in [0.1, 0.15) is 58.7 Å². The van der Waals surface area contributed by atoms with Gasteiger partial charge in [0.1, 0.15) is 28.7 Å². The number of nitrogens with zero attached hydrogens (tertiary/aromatic N) is 3. The molecule has 7 rings (SSSR count). The summed E-state index contributed by atoms with van der Waals surface area (Å²) in [6.45, 7) is 2.06. The number of fused-ring (bicyclic) bond motifs is 4. The molecule has 2 N–H and O–H groups in total. The van der Waals surface area contributed by atoms with Crippen LogP contribution in [-0.4, -0.2) is 58.0 Å². The van der Waals surface area contributed by atoms with Crippen LogP contribution < -0.4 is 15.4 Å². The smallest absolute Gasteiger partial charge is 0.417 e. The number of hydrogen-bond acceptors (Lipinski definition) is 6. The van der Waals surface area contributed by atoms with Crippen molar-refractivity contribution in [1.82, 2.24) is 19.3 Å². The second kappa shape index (κ2) is 13.8. The molecule has 272 valence electrons. The molecule has 2 aliphatic rings. The van der Waals surface area contributed by atoms with E-state index in [1.807, 2.05) is 0 Å². The number of carbonyl (C=O) groups is 2. The Hall–Kier alpha value is -5.08. The molecule has 1 fully saturated rings. The number of alkyl halides is 3. The molecule has 3 aromatic heterocycles. The lowest BCUT2D eigenvalue weighted by molar-refractivity contribution is -0.137. The van der Waals surface area contributed by atoms with E-state index < -0.39 is 40.8 Å². The number of imidazole rings is 1. The van der Waals surface area contributed by atoms with Gasteiger partial charge >= 0.3 is 6.18 Å². The van der Waals surface area contributed by atoms with E-state index in [1.165, 1.54) is 34.9 Å². The van der Waals surface area contributed by atoms with Crippen molar-refractivity contribution < 1.29 is 41.0 Å². The lowest BCUT2D eigenvalue weighted by Gasteiger charge is -2.27. The Balaban J connectivity index is 1.17. The molecule has 1 saturated carbocycles. The summed E-state index contributed by atoms with van der Waals surface area (Å²) >= 11 is 0. The van der Waals surface area contributed by atoms with Gasteiger partial charge in [0.05, 0.1) is 35.0 Å². The van der Waals surface area contributed by atoms with Crippen LogP contribution in [0.2, 0.25) is 0 Å². The van der Waals surface area contributed by atoms with E-state index in [1.54, 1.807) is 31.7 Å². The van der Waals surface area contributed by atoms with Crippen LogP contribution in [0.3, 0.4) is 0 Å². The lowest BCUT2D eigenvalue weighted by atomic mass is 9.93. The number of halogens is 5. The van der Waals surface area contributed by atoms with E-state index in [0.717, 1.165) is 43.9 Å². The zero-order chi connectivity index (χ0) is 36.9. The fourth-order valence-corrected chi connectivity index (χ4v) is 7.25. The van der Waals surface area contributed by atoms with E-state index in [0.29, 0.717) is 23.4 Å². The van der Waals surface area contributed by atoms with E-state index in [-0.39, 0.29) is 64.3 Å². The minimum Gasteiger partial charge on any atom is -0.490 e. The minimum absolute atomic E-state index is 0.0136. The molecule has 52 heavy (non-hydrogen) atoms. The lowest BCUT2D eigenvalue weighted by Crippen LogP contribution is -2.35. The molecule has 0 saturated heterocycles. The first-order chi connectivity index (χ1) is 24.8. The molecule has 1 amide bonds. The van der Waals surface area contributed by atoms with Gasteiger partial charge in [-0.25, -0.2) is 13.8 Å². The third-order valence-electron chi connectivity index (χ3n) is 10.0. The summed E-state index contributed by atoms with van der Waals surface area (Å²) in [7, 11) is 3.33. The number of aryl methyl sites for hydroxylation is 2. The second-order valence-electron chi connectivity index (χ2n) is 13.2. The number of rotatable bonds is 8. The number of nitrogens with one attached hydrogen (secondary N) is 2. The molecule has 4 heterocycles. The van der Waals surface area contributed by atoms with Gasteiger partial charge in [-0.05, 0) is 68.5 Å². The van der Waals surface area contributed by atoms with Crippen molar-refractivity contribution in [3.8, 4) is 16.9 Å². The van der Waals surface area contributed by atoms with Gasteiger partial charge in [0, 0.05) is 62.1 Å². The number of carbonyl (C=O) groups excluding carboxylic acids is 2. The van der Waals surface area contributed by atoms with Gasteiger partial charge in [0.15, 0.2) is 5.75 Å². The Kier molecular flexibility index (Phi) is 9.38. The first-order valence-corrected chi connectivity index (χ1v) is 17.0. The molecular weight excluding hydrogens is 685 g/mol. The highest BCUT2D eigenvalue weighted by molar-refractivity contribution is 6.10. The minimum atomic E-state index is -4.76. The van der Waals surface area contributed by atoms with Crippen LogP contribution in [0.15, 0.2) is 54.7 Å². The van der Waals surface area contributed by atoms with Crippen LogP contribution in [0.5, 0.6) is 5.75 Å². The second-order valence-corrected chi connectivity index (χ2v) is 13.2. The Morgan fingerprint density at radius 1 is 1.10 bits per heavy atom. The summed E-state index contributed by atoms with van der Waals surface area (Å²) in [6, 6.07) is 7.50. The van der Waals surface area contributed by atoms with Crippen LogP contribution in [0.25, 0.3) is 27.7 Å². The van der Waals surface area contributed by atoms with E-state index in [4.69, 9.17) is 9.47 Å². The fourth-order valence-electron chi connectivity index (χ4n) is 7.25. The summed E-state index contributed by atoms with van der Waals surface area (Å²) in [6.07, 6.45) is 3.75. The average molecular weight is 722 g/mol. The maximum absolute atomic E-state index is 15.3. The van der Waals surface area contributed by atoms with Gasteiger partial charge in [0.2, 0.25) is 11.7 Å². The van der Waals surface area contributed by atoms with Gasteiger partial charge in [-0.2, -0.15) is 13.2 Å². The van der Waals surface area contributed by atoms with Gasteiger partial charge in [-0.15, -0.1) is 0 Å². The molecule has 0 bridgehead atoms. The van der Waals surface area contributed by atoms with Gasteiger partial charge in [-0.3, -0.25) is 9.59 Å². The predicted octanol–water partition coefficient (Wildman–Crippen LogP) is 7.31. The predicted molar refractivity (Wildman–Crippen MR) is 185 cm³/mol. The average Bonchev–Trinajstić information content (AvgIpc) is 3.62. The third-order valence-corrected chi connectivity index (χ3v) is 10.0. The molecule has 1 aliphatic heterocycles. The molecule has 0 spiro atoms. The summed E-state index contributed by atoms with van der Waals surface area (Å²) in [5.41, 5.74) is -0.649. The Labute approximate surface area is 295 Å². The van der Waals surface area contributed by atoms with Crippen LogP contribution in [-0.2, 0) is 29.2 Å². The molecule has 14 heteroatoms. The van der Waals surface area contributed by atoms with E-state index >= 15 is 8.78 Å². The highest BCUT2D eigenvalue weighted by Crippen LogP contribution is 2.48. The maximum atomic E-state index is 15.3. The molecule has 9 nitrogen and oxygen atoms in total. The highest BCUT2D eigenvalue weighted by atomic mass is 19.4. The van der Waals surface area contributed by atoms with Gasteiger partial charge in [-0.1, -0.05) is 12.1 Å². The standard InChI is InChI=1S/C38H36F5N5O4/c1-20-45-34-29(47(20)2)19-26(38(41,42)43)32-25-6-5-14-48-30(18-21(35(25)48)12-15-52-37(32)34)36(50)22-16-27(39)33(28(40)17-22)46-31(49)7-4-13-44-23-8-10-24(51-3)11-9-23/h4-7,14,16-19,23-24,44H,8-13,15H2,1-3H3,(H,46,49)/b7-4+. The van der Waals surface area contributed by atoms with Crippen molar-refractivity contribution >= 4 is 33.9 Å². The number of hydrogen-bond donors (Lipinski definition) is 2. The number of ketones is 1. The van der Waals surface area contributed by atoms with Crippen LogP contribution >= 0.6 is 0 Å². The Bertz CT molecular complexity index is 2230. The number of methoxy groups -OCH3 is 1. The summed E-state index contributed by atoms with van der Waals surface area (Å²) in [5, 5.41) is 5.53. The number of anilines is 1. The maximum Gasteiger partial charge on any atom is 0.417 e. The zero-order valence-electron chi connectivity index (χ0n) is 28.7. The van der Waals surface area contributed by atoms with Crippen molar-refractivity contribution in [1.29, 1.82) is 0 Å². The molecule has 0 unspecified atom stereocenters. The quantitative estimate of drug-likeness (QED) is 0.0992. The number of pyridine rings is 1. The topological polar surface area (TPSA) is 98.9 Å². The summed E-state index contributed by atoms with van der Waals surface area (Å²) < 4.78 is 89.1. The van der Waals surface area contributed by atoms with Crippen molar-refractivity contribution in [3.63, 3.8) is 0 Å². The fraction of sp³-hybridized carbons (Fsp3) is 0.342. The van der Waals surface area contributed by atoms with E-state index in [9.17, 15) is 22.8 Å². The number of aromatic nitrogens is 3. The van der Waals surface area contributed by atoms with Crippen molar-refractivity contribution in [3.05, 3.63) is 94.6 Å². The first-order valence-electron chi connectivity index (χ1n) is 17.0. The van der Waals surface area contributed by atoms with E-state index in [2.05, 4.69) is 15.6 Å². The Morgan fingerprint density at radius 2 is 1.83 bits per heavy atom. The third kappa shape index (κ3) is 6.45. The van der Waals surface area contributed by atoms with Gasteiger partial charge < -0.3 is 29.1 Å². The first kappa shape index (κ1) is 35.3. The molecule has 5 aromatic rings. The normalized spacial score (nSPS) is 17.6. The van der Waals surface area contributed by atoms with Crippen LogP contribution in [0, 0.1) is 18.6 Å². The monoisotopic (exact) mass is 721 g/mol. The highest BCUT2D eigenvalue weighted by Gasteiger charge is 2.39. The Morgan fingerprint density at radius 3 is 2.52 bits per heavy atom. The number of ether oxygens (including phenoxy) is 2. The summed E-state index contributed by atoms with van der Waals surface area (Å²) in [5.74, 6) is -3.36. The van der Waals surface area contributed by atoms with Crippen molar-refractivity contribution in [2.75, 3.05) is 25.6 Å². The van der Waals surface area contributed by atoms with Crippen molar-refractivity contribution in [2.24, 2.45) is 7.05 Å². The van der Waals surface area contributed by atoms with Crippen LogP contribution in [0.4, 0.5) is 27.6 Å². The molecule has 0 atom stereocenters. The largest absolute Gasteiger partial charge is 0.490 e. The number of benzene rings is 2. The molecule has 2 aromatic carbocycles. The molecular formula is C38H36F5N5O4. The number of amides is 1.